The molecule has 1 atom stereocenters. The van der Waals surface area contributed by atoms with Gasteiger partial charge in [0.2, 0.25) is 0 Å². The van der Waals surface area contributed by atoms with E-state index in [0.29, 0.717) is 6.04 Å². The number of hydrogen-bond donors (Lipinski definition) is 1. The molecule has 0 saturated carbocycles. The molecule has 3 heteroatoms. The van der Waals surface area contributed by atoms with Gasteiger partial charge in [-0.3, -0.25) is 0 Å². The summed E-state index contributed by atoms with van der Waals surface area (Å²) in [6.45, 7) is 4.48. The molecule has 1 N–H and O–H groups in total. The molecule has 0 spiro atoms. The van der Waals surface area contributed by atoms with Crippen molar-refractivity contribution in [2.24, 2.45) is 0 Å². The van der Waals surface area contributed by atoms with Gasteiger partial charge in [-0.15, -0.1) is 0 Å². The first-order valence-electron chi connectivity index (χ1n) is 6.44. The van der Waals surface area contributed by atoms with E-state index in [1.807, 2.05) is 0 Å². The van der Waals surface area contributed by atoms with Gasteiger partial charge in [-0.05, 0) is 39.2 Å². The van der Waals surface area contributed by atoms with Crippen LogP contribution in [0.1, 0.15) is 6.42 Å². The minimum absolute atomic E-state index is 0.563. The Balaban J connectivity index is 2.02. The van der Waals surface area contributed by atoms with Gasteiger partial charge in [-0.1, -0.05) is 18.2 Å². The highest BCUT2D eigenvalue weighted by Crippen LogP contribution is 2.15. The molecule has 0 radical (unpaired) electrons. The molecular formula is C14H23N3. The Morgan fingerprint density at radius 1 is 1.29 bits per heavy atom. The van der Waals surface area contributed by atoms with Gasteiger partial charge in [0.05, 0.1) is 0 Å². The third-order valence-corrected chi connectivity index (χ3v) is 3.19. The maximum absolute atomic E-state index is 3.63. The first-order chi connectivity index (χ1) is 8.25. The second-order valence-electron chi connectivity index (χ2n) is 5.05. The number of nitrogens with zero attached hydrogens (tertiary/aromatic N) is 2. The fourth-order valence-electron chi connectivity index (χ4n) is 2.43. The van der Waals surface area contributed by atoms with Crippen LogP contribution in [-0.2, 0) is 0 Å². The van der Waals surface area contributed by atoms with E-state index in [1.54, 1.807) is 0 Å². The Bertz CT molecular complexity index is 323. The zero-order chi connectivity index (χ0) is 12.1. The molecule has 0 aliphatic carbocycles. The van der Waals surface area contributed by atoms with Gasteiger partial charge in [0, 0.05) is 31.4 Å². The average molecular weight is 233 g/mol. The molecule has 1 aromatic rings. The van der Waals surface area contributed by atoms with Gasteiger partial charge < -0.3 is 15.1 Å². The zero-order valence-electron chi connectivity index (χ0n) is 10.9. The zero-order valence-corrected chi connectivity index (χ0v) is 10.9. The van der Waals surface area contributed by atoms with Crippen LogP contribution in [0.3, 0.4) is 0 Å². The monoisotopic (exact) mass is 233 g/mol. The lowest BCUT2D eigenvalue weighted by Crippen LogP contribution is -2.44. The Morgan fingerprint density at radius 2 is 2.06 bits per heavy atom. The van der Waals surface area contributed by atoms with E-state index in [1.165, 1.54) is 12.1 Å². The van der Waals surface area contributed by atoms with Crippen LogP contribution in [0.2, 0.25) is 0 Å². The Labute approximate surface area is 104 Å². The summed E-state index contributed by atoms with van der Waals surface area (Å²) in [5.74, 6) is 0. The summed E-state index contributed by atoms with van der Waals surface area (Å²) < 4.78 is 0. The molecule has 1 saturated heterocycles. The van der Waals surface area contributed by atoms with Gasteiger partial charge in [0.15, 0.2) is 0 Å². The third kappa shape index (κ3) is 3.72. The number of hydrogen-bond acceptors (Lipinski definition) is 3. The Kier molecular flexibility index (Phi) is 4.40. The lowest BCUT2D eigenvalue weighted by Gasteiger charge is -2.28. The van der Waals surface area contributed by atoms with Crippen molar-refractivity contribution in [1.82, 2.24) is 10.2 Å². The minimum atomic E-state index is 0.563. The van der Waals surface area contributed by atoms with Crippen LogP contribution in [0.5, 0.6) is 0 Å². The topological polar surface area (TPSA) is 18.5 Å². The molecule has 17 heavy (non-hydrogen) atoms. The highest BCUT2D eigenvalue weighted by molar-refractivity contribution is 5.46. The summed E-state index contributed by atoms with van der Waals surface area (Å²) in [7, 11) is 4.28. The van der Waals surface area contributed by atoms with Crippen LogP contribution in [-0.4, -0.2) is 51.2 Å². The fraction of sp³-hybridized carbons (Fsp3) is 0.571. The van der Waals surface area contributed by atoms with E-state index in [9.17, 15) is 0 Å². The molecule has 1 fully saturated rings. The standard InChI is InChI=1S/C14H23N3/c1-16(2)11-13-12-17(10-6-9-15-13)14-7-4-3-5-8-14/h3-5,7-8,13,15H,6,9-12H2,1-2H3. The Morgan fingerprint density at radius 3 is 2.76 bits per heavy atom. The lowest BCUT2D eigenvalue weighted by molar-refractivity contribution is 0.346. The first kappa shape index (κ1) is 12.4. The van der Waals surface area contributed by atoms with Crippen molar-refractivity contribution >= 4 is 5.69 Å². The summed E-state index contributed by atoms with van der Waals surface area (Å²) >= 11 is 0. The second-order valence-corrected chi connectivity index (χ2v) is 5.05. The van der Waals surface area contributed by atoms with E-state index in [-0.39, 0.29) is 0 Å². The first-order valence-corrected chi connectivity index (χ1v) is 6.44. The summed E-state index contributed by atoms with van der Waals surface area (Å²) in [6.07, 6.45) is 1.22. The van der Waals surface area contributed by atoms with Crippen LogP contribution in [0.15, 0.2) is 30.3 Å². The van der Waals surface area contributed by atoms with Gasteiger partial charge in [-0.2, -0.15) is 0 Å². The average Bonchev–Trinajstić information content (AvgIpc) is 2.55. The van der Waals surface area contributed by atoms with Crippen molar-refractivity contribution < 1.29 is 0 Å². The SMILES string of the molecule is CN(C)CC1CN(c2ccccc2)CCCN1. The lowest BCUT2D eigenvalue weighted by atomic mass is 10.2. The van der Waals surface area contributed by atoms with Crippen LogP contribution >= 0.6 is 0 Å². The number of nitrogens with one attached hydrogen (secondary N) is 1. The van der Waals surface area contributed by atoms with Crippen molar-refractivity contribution in [3.63, 3.8) is 0 Å². The quantitative estimate of drug-likeness (QED) is 0.852. The molecule has 2 rings (SSSR count). The highest BCUT2D eigenvalue weighted by Gasteiger charge is 2.18. The molecule has 0 aromatic heterocycles. The van der Waals surface area contributed by atoms with Crippen LogP contribution in [0.4, 0.5) is 5.69 Å². The van der Waals surface area contributed by atoms with E-state index in [2.05, 4.69) is 59.5 Å². The van der Waals surface area contributed by atoms with Crippen LogP contribution in [0.25, 0.3) is 0 Å². The van der Waals surface area contributed by atoms with Gasteiger partial charge in [0.1, 0.15) is 0 Å². The third-order valence-electron chi connectivity index (χ3n) is 3.19. The normalized spacial score (nSPS) is 21.6. The molecule has 1 heterocycles. The molecule has 0 bridgehead atoms. The number of anilines is 1. The van der Waals surface area contributed by atoms with E-state index >= 15 is 0 Å². The molecule has 1 unspecified atom stereocenters. The Hall–Kier alpha value is -1.06. The fourth-order valence-corrected chi connectivity index (χ4v) is 2.43. The van der Waals surface area contributed by atoms with Crippen LogP contribution < -0.4 is 10.2 Å². The van der Waals surface area contributed by atoms with Gasteiger partial charge in [0.25, 0.3) is 0 Å². The van der Waals surface area contributed by atoms with Crippen molar-refractivity contribution in [2.45, 2.75) is 12.5 Å². The summed E-state index contributed by atoms with van der Waals surface area (Å²) in [5, 5.41) is 3.63. The smallest absolute Gasteiger partial charge is 0.0371 e. The van der Waals surface area contributed by atoms with E-state index in [0.717, 1.165) is 26.2 Å². The van der Waals surface area contributed by atoms with Gasteiger partial charge in [-0.25, -0.2) is 0 Å². The molecule has 3 nitrogen and oxygen atoms in total. The number of rotatable bonds is 3. The maximum Gasteiger partial charge on any atom is 0.0371 e. The number of para-hydroxylation sites is 1. The molecular weight excluding hydrogens is 210 g/mol. The van der Waals surface area contributed by atoms with Gasteiger partial charge >= 0.3 is 0 Å². The highest BCUT2D eigenvalue weighted by atomic mass is 15.2. The summed E-state index contributed by atoms with van der Waals surface area (Å²) in [4.78, 5) is 4.75. The van der Waals surface area contributed by atoms with E-state index < -0.39 is 0 Å². The molecule has 0 amide bonds. The molecule has 1 aromatic carbocycles. The second kappa shape index (κ2) is 6.03. The van der Waals surface area contributed by atoms with Crippen molar-refractivity contribution in [2.75, 3.05) is 45.2 Å². The van der Waals surface area contributed by atoms with Crippen molar-refractivity contribution in [3.8, 4) is 0 Å². The predicted octanol–water partition coefficient (Wildman–Crippen LogP) is 1.42. The largest absolute Gasteiger partial charge is 0.370 e. The van der Waals surface area contributed by atoms with Crippen LogP contribution in [0, 0.1) is 0 Å². The van der Waals surface area contributed by atoms with Crippen molar-refractivity contribution in [1.29, 1.82) is 0 Å². The molecule has 1 aliphatic rings. The van der Waals surface area contributed by atoms with Crippen molar-refractivity contribution in [3.05, 3.63) is 30.3 Å². The van der Waals surface area contributed by atoms with E-state index in [4.69, 9.17) is 0 Å². The minimum Gasteiger partial charge on any atom is -0.370 e. The summed E-state index contributed by atoms with van der Waals surface area (Å²) in [6, 6.07) is 11.3. The molecule has 1 aliphatic heterocycles. The maximum atomic E-state index is 3.63. The number of benzene rings is 1. The summed E-state index contributed by atoms with van der Waals surface area (Å²) in [5.41, 5.74) is 1.35. The predicted molar refractivity (Wildman–Crippen MR) is 73.6 cm³/mol. The number of likely N-dealkylation sites (N-methyl/N-ethyl adjacent to an activating group) is 1. The molecule has 94 valence electrons.